The highest BCUT2D eigenvalue weighted by molar-refractivity contribution is 6.11. The molecule has 0 N–H and O–H groups in total. The van der Waals surface area contributed by atoms with Crippen LogP contribution in [0.5, 0.6) is 0 Å². The summed E-state index contributed by atoms with van der Waals surface area (Å²) in [6.45, 7) is 0. The highest BCUT2D eigenvalue weighted by atomic mass is 16.5. The molecule has 0 aliphatic heterocycles. The molecular formula is C19H30B2O2. The van der Waals surface area contributed by atoms with Gasteiger partial charge in [-0.2, -0.15) is 0 Å². The van der Waals surface area contributed by atoms with Gasteiger partial charge in [0.25, 0.3) is 0 Å². The third kappa shape index (κ3) is 4.79. The molecule has 4 radical (unpaired) electrons. The summed E-state index contributed by atoms with van der Waals surface area (Å²) in [4.78, 5) is 12.4. The van der Waals surface area contributed by atoms with Crippen molar-refractivity contribution in [2.24, 2.45) is 17.8 Å². The molecule has 3 fully saturated rings. The number of rotatable bonds is 3. The summed E-state index contributed by atoms with van der Waals surface area (Å²) < 4.78 is 5.76. The van der Waals surface area contributed by atoms with Gasteiger partial charge >= 0.3 is 5.97 Å². The molecule has 0 saturated heterocycles. The van der Waals surface area contributed by atoms with Crippen molar-refractivity contribution in [2.45, 2.75) is 94.8 Å². The van der Waals surface area contributed by atoms with Crippen LogP contribution in [0.15, 0.2) is 0 Å². The monoisotopic (exact) mass is 312 g/mol. The molecule has 0 heterocycles. The molecule has 3 aliphatic carbocycles. The van der Waals surface area contributed by atoms with Gasteiger partial charge in [0.05, 0.1) is 21.6 Å². The van der Waals surface area contributed by atoms with Crippen LogP contribution in [-0.4, -0.2) is 27.8 Å². The lowest BCUT2D eigenvalue weighted by molar-refractivity contribution is -0.157. The highest BCUT2D eigenvalue weighted by Gasteiger charge is 2.33. The van der Waals surface area contributed by atoms with Gasteiger partial charge in [-0.25, -0.2) is 0 Å². The summed E-state index contributed by atoms with van der Waals surface area (Å²) in [5.74, 6) is 2.62. The minimum absolute atomic E-state index is 0.0644. The molecule has 2 nitrogen and oxygen atoms in total. The molecule has 0 aromatic carbocycles. The normalized spacial score (nSPS) is 42.1. The molecule has 4 heteroatoms. The summed E-state index contributed by atoms with van der Waals surface area (Å²) in [6, 6.07) is 0. The van der Waals surface area contributed by atoms with Gasteiger partial charge in [-0.05, 0) is 50.4 Å². The molecule has 0 spiro atoms. The van der Waals surface area contributed by atoms with E-state index >= 15 is 0 Å². The Labute approximate surface area is 144 Å². The smallest absolute Gasteiger partial charge is 0.309 e. The summed E-state index contributed by atoms with van der Waals surface area (Å²) >= 11 is 0. The average Bonchev–Trinajstić information content (AvgIpc) is 2.58. The van der Waals surface area contributed by atoms with Crippen molar-refractivity contribution in [2.75, 3.05) is 0 Å². The van der Waals surface area contributed by atoms with E-state index in [1.807, 2.05) is 0 Å². The van der Waals surface area contributed by atoms with Crippen molar-refractivity contribution in [3.63, 3.8) is 0 Å². The molecule has 0 bridgehead atoms. The van der Waals surface area contributed by atoms with Crippen molar-refractivity contribution in [1.82, 2.24) is 0 Å². The van der Waals surface area contributed by atoms with Crippen LogP contribution in [0.3, 0.4) is 0 Å². The van der Waals surface area contributed by atoms with E-state index in [-0.39, 0.29) is 18.0 Å². The molecule has 0 unspecified atom stereocenters. The molecule has 0 atom stereocenters. The van der Waals surface area contributed by atoms with Crippen LogP contribution < -0.4 is 0 Å². The first-order chi connectivity index (χ1) is 11.1. The molecule has 0 amide bonds. The van der Waals surface area contributed by atoms with Crippen LogP contribution in [0.1, 0.15) is 77.0 Å². The predicted octanol–water partition coefficient (Wildman–Crippen LogP) is 4.38. The SMILES string of the molecule is [B]C1CCC(OC(=O)C2CCC(C3CCC([B])CC3)CC2)CC1. The summed E-state index contributed by atoms with van der Waals surface area (Å²) in [5, 5.41) is 0. The first kappa shape index (κ1) is 17.4. The van der Waals surface area contributed by atoms with E-state index < -0.39 is 0 Å². The lowest BCUT2D eigenvalue weighted by Crippen LogP contribution is -2.31. The van der Waals surface area contributed by atoms with Gasteiger partial charge in [0.2, 0.25) is 0 Å². The second-order valence-corrected chi connectivity index (χ2v) is 8.26. The van der Waals surface area contributed by atoms with Crippen molar-refractivity contribution in [3.05, 3.63) is 0 Å². The first-order valence-electron chi connectivity index (χ1n) is 9.83. The summed E-state index contributed by atoms with van der Waals surface area (Å²) in [5.41, 5.74) is 0. The van der Waals surface area contributed by atoms with Crippen LogP contribution in [-0.2, 0) is 9.53 Å². The van der Waals surface area contributed by atoms with E-state index in [2.05, 4.69) is 0 Å². The van der Waals surface area contributed by atoms with Crippen LogP contribution in [0.25, 0.3) is 0 Å². The highest BCUT2D eigenvalue weighted by Crippen LogP contribution is 2.42. The Kier molecular flexibility index (Phi) is 6.15. The lowest BCUT2D eigenvalue weighted by atomic mass is 9.65. The number of carbonyl (C=O) groups excluding carboxylic acids is 1. The van der Waals surface area contributed by atoms with E-state index in [0.717, 1.165) is 50.4 Å². The molecule has 3 saturated carbocycles. The van der Waals surface area contributed by atoms with Gasteiger partial charge in [0, 0.05) is 0 Å². The molecule has 0 aromatic heterocycles. The lowest BCUT2D eigenvalue weighted by Gasteiger charge is -2.37. The van der Waals surface area contributed by atoms with Gasteiger partial charge in [-0.3, -0.25) is 4.79 Å². The van der Waals surface area contributed by atoms with Crippen LogP contribution in [0, 0.1) is 17.8 Å². The molecule has 0 aromatic rings. The zero-order chi connectivity index (χ0) is 16.2. The quantitative estimate of drug-likeness (QED) is 0.571. The van der Waals surface area contributed by atoms with Gasteiger partial charge in [-0.15, -0.1) is 0 Å². The van der Waals surface area contributed by atoms with Crippen molar-refractivity contribution < 1.29 is 9.53 Å². The minimum atomic E-state index is 0.0644. The number of esters is 1. The summed E-state index contributed by atoms with van der Waals surface area (Å²) in [6.07, 6.45) is 13.4. The maximum atomic E-state index is 12.4. The fraction of sp³-hybridized carbons (Fsp3) is 0.947. The Morgan fingerprint density at radius 2 is 1.09 bits per heavy atom. The van der Waals surface area contributed by atoms with E-state index in [1.165, 1.54) is 38.5 Å². The third-order valence-electron chi connectivity index (χ3n) is 6.59. The van der Waals surface area contributed by atoms with Crippen LogP contribution >= 0.6 is 0 Å². The second kappa shape index (κ2) is 8.12. The van der Waals surface area contributed by atoms with E-state index in [0.29, 0.717) is 11.6 Å². The third-order valence-corrected chi connectivity index (χ3v) is 6.59. The molecule has 3 aliphatic rings. The number of ether oxygens (including phenoxy) is 1. The molecular weight excluding hydrogens is 282 g/mol. The Bertz CT molecular complexity index is 377. The van der Waals surface area contributed by atoms with E-state index in [9.17, 15) is 4.79 Å². The fourth-order valence-electron chi connectivity index (χ4n) is 4.91. The second-order valence-electron chi connectivity index (χ2n) is 8.26. The zero-order valence-electron chi connectivity index (χ0n) is 14.4. The number of hydrogen-bond acceptors (Lipinski definition) is 2. The van der Waals surface area contributed by atoms with E-state index in [4.69, 9.17) is 20.4 Å². The van der Waals surface area contributed by atoms with Gasteiger partial charge in [0.1, 0.15) is 6.10 Å². The van der Waals surface area contributed by atoms with Crippen LogP contribution in [0.2, 0.25) is 11.6 Å². The Hall–Kier alpha value is -0.400. The molecule has 3 rings (SSSR count). The molecule has 23 heavy (non-hydrogen) atoms. The Morgan fingerprint density at radius 1 is 0.652 bits per heavy atom. The van der Waals surface area contributed by atoms with Crippen molar-refractivity contribution in [1.29, 1.82) is 0 Å². The largest absolute Gasteiger partial charge is 0.462 e. The van der Waals surface area contributed by atoms with E-state index in [1.54, 1.807) is 0 Å². The average molecular weight is 312 g/mol. The Morgan fingerprint density at radius 3 is 1.61 bits per heavy atom. The molecule has 124 valence electrons. The maximum absolute atomic E-state index is 12.4. The maximum Gasteiger partial charge on any atom is 0.309 e. The Balaban J connectivity index is 1.39. The van der Waals surface area contributed by atoms with Crippen molar-refractivity contribution in [3.8, 4) is 0 Å². The van der Waals surface area contributed by atoms with Crippen molar-refractivity contribution >= 4 is 21.7 Å². The van der Waals surface area contributed by atoms with Crippen LogP contribution in [0.4, 0.5) is 0 Å². The van der Waals surface area contributed by atoms with Gasteiger partial charge in [0.15, 0.2) is 0 Å². The standard InChI is InChI=1S/C19H30B2O2/c20-16-7-5-14(6-8-16)13-1-3-15(4-2-13)19(22)23-18-11-9-17(21)10-12-18/h13-18H,1-12H2. The summed E-state index contributed by atoms with van der Waals surface area (Å²) in [7, 11) is 11.9. The minimum Gasteiger partial charge on any atom is -0.462 e. The number of hydrogen-bond donors (Lipinski definition) is 0. The van der Waals surface area contributed by atoms with Gasteiger partial charge < -0.3 is 4.74 Å². The topological polar surface area (TPSA) is 26.3 Å². The zero-order valence-corrected chi connectivity index (χ0v) is 14.4. The fourth-order valence-corrected chi connectivity index (χ4v) is 4.91. The first-order valence-corrected chi connectivity index (χ1v) is 9.83. The van der Waals surface area contributed by atoms with Gasteiger partial charge in [-0.1, -0.05) is 50.2 Å². The predicted molar refractivity (Wildman–Crippen MR) is 94.8 cm³/mol. The number of carbonyl (C=O) groups is 1.